The normalized spacial score (nSPS) is 12.2. The largest absolute Gasteiger partial charge is 0.354 e. The van der Waals surface area contributed by atoms with Gasteiger partial charge < -0.3 is 15.2 Å². The van der Waals surface area contributed by atoms with Crippen molar-refractivity contribution in [3.63, 3.8) is 0 Å². The number of amides is 2. The van der Waals surface area contributed by atoms with Crippen molar-refractivity contribution in [2.24, 2.45) is 0 Å². The first-order chi connectivity index (χ1) is 9.93. The van der Waals surface area contributed by atoms with Gasteiger partial charge in [-0.05, 0) is 13.3 Å². The van der Waals surface area contributed by atoms with Crippen LogP contribution in [0.15, 0.2) is 4.52 Å². The fourth-order valence-corrected chi connectivity index (χ4v) is 1.61. The zero-order valence-corrected chi connectivity index (χ0v) is 13.1. The minimum absolute atomic E-state index is 0.176. The number of nitrogens with one attached hydrogen (secondary N) is 2. The maximum atomic E-state index is 11.8. The number of aryl methyl sites for hydroxylation is 1. The van der Waals surface area contributed by atoms with Gasteiger partial charge in [0.25, 0.3) is 0 Å². The van der Waals surface area contributed by atoms with E-state index in [0.717, 1.165) is 6.42 Å². The van der Waals surface area contributed by atoms with Crippen LogP contribution in [0.2, 0.25) is 0 Å². The molecule has 7 heteroatoms. The molecule has 0 fully saturated rings. The van der Waals surface area contributed by atoms with Crippen molar-refractivity contribution in [1.82, 2.24) is 20.8 Å². The second-order valence-corrected chi connectivity index (χ2v) is 5.28. The average molecular weight is 296 g/mol. The van der Waals surface area contributed by atoms with Crippen molar-refractivity contribution < 1.29 is 14.1 Å². The molecular formula is C14H24N4O3. The fraction of sp³-hybridized carbons (Fsp3) is 0.714. The van der Waals surface area contributed by atoms with E-state index in [0.29, 0.717) is 24.7 Å². The minimum Gasteiger partial charge on any atom is -0.354 e. The molecule has 1 rings (SSSR count). The molecule has 2 amide bonds. The Morgan fingerprint density at radius 3 is 2.57 bits per heavy atom. The van der Waals surface area contributed by atoms with Gasteiger partial charge in [0.2, 0.25) is 17.7 Å². The van der Waals surface area contributed by atoms with Gasteiger partial charge in [-0.15, -0.1) is 0 Å². The summed E-state index contributed by atoms with van der Waals surface area (Å²) in [5.74, 6) is 0.886. The summed E-state index contributed by atoms with van der Waals surface area (Å²) >= 11 is 0. The van der Waals surface area contributed by atoms with E-state index in [2.05, 4.69) is 20.8 Å². The van der Waals surface area contributed by atoms with Crippen molar-refractivity contribution in [2.45, 2.75) is 58.9 Å². The second-order valence-electron chi connectivity index (χ2n) is 5.28. The Hall–Kier alpha value is -1.92. The molecule has 0 radical (unpaired) electrons. The van der Waals surface area contributed by atoms with Crippen LogP contribution in [-0.4, -0.2) is 34.5 Å². The summed E-state index contributed by atoms with van der Waals surface area (Å²) in [4.78, 5) is 27.6. The molecule has 2 N–H and O–H groups in total. The van der Waals surface area contributed by atoms with Crippen molar-refractivity contribution >= 4 is 11.8 Å². The highest BCUT2D eigenvalue weighted by molar-refractivity contribution is 5.87. The van der Waals surface area contributed by atoms with Crippen molar-refractivity contribution in [2.75, 3.05) is 6.54 Å². The van der Waals surface area contributed by atoms with Gasteiger partial charge in [-0.3, -0.25) is 9.59 Å². The molecule has 0 bridgehead atoms. The molecule has 1 atom stereocenters. The molecule has 0 aliphatic rings. The summed E-state index contributed by atoms with van der Waals surface area (Å²) < 4.78 is 5.06. The van der Waals surface area contributed by atoms with E-state index in [-0.39, 0.29) is 24.2 Å². The standard InChI is InChI=1S/C14H24N4O3/c1-5-8-15-14(20)10(4)16-11(19)6-7-12-17-13(9(2)3)18-21-12/h9-10H,5-8H2,1-4H3,(H,15,20)(H,16,19). The van der Waals surface area contributed by atoms with E-state index in [9.17, 15) is 9.59 Å². The highest BCUT2D eigenvalue weighted by atomic mass is 16.5. The SMILES string of the molecule is CCCNC(=O)C(C)NC(=O)CCc1nc(C(C)C)no1. The van der Waals surface area contributed by atoms with Crippen LogP contribution in [0.25, 0.3) is 0 Å². The molecule has 0 aliphatic carbocycles. The number of hydrogen-bond acceptors (Lipinski definition) is 5. The summed E-state index contributed by atoms with van der Waals surface area (Å²) in [7, 11) is 0. The van der Waals surface area contributed by atoms with Gasteiger partial charge in [0.1, 0.15) is 6.04 Å². The van der Waals surface area contributed by atoms with Crippen LogP contribution in [0.1, 0.15) is 58.2 Å². The molecule has 118 valence electrons. The summed E-state index contributed by atoms with van der Waals surface area (Å²) in [5.41, 5.74) is 0. The Morgan fingerprint density at radius 2 is 2.00 bits per heavy atom. The van der Waals surface area contributed by atoms with Crippen LogP contribution in [0, 0.1) is 0 Å². The van der Waals surface area contributed by atoms with E-state index in [1.165, 1.54) is 0 Å². The monoisotopic (exact) mass is 296 g/mol. The van der Waals surface area contributed by atoms with Gasteiger partial charge >= 0.3 is 0 Å². The molecule has 0 aromatic carbocycles. The third kappa shape index (κ3) is 5.93. The van der Waals surface area contributed by atoms with Crippen LogP contribution >= 0.6 is 0 Å². The van der Waals surface area contributed by atoms with Crippen LogP contribution in [-0.2, 0) is 16.0 Å². The molecule has 0 saturated heterocycles. The van der Waals surface area contributed by atoms with E-state index < -0.39 is 6.04 Å². The van der Waals surface area contributed by atoms with Crippen molar-refractivity contribution in [1.29, 1.82) is 0 Å². The van der Waals surface area contributed by atoms with Crippen molar-refractivity contribution in [3.05, 3.63) is 11.7 Å². The highest BCUT2D eigenvalue weighted by Gasteiger charge is 2.16. The van der Waals surface area contributed by atoms with E-state index in [4.69, 9.17) is 4.52 Å². The third-order valence-corrected chi connectivity index (χ3v) is 2.89. The Labute approximate surface area is 124 Å². The van der Waals surface area contributed by atoms with E-state index in [1.807, 2.05) is 20.8 Å². The van der Waals surface area contributed by atoms with E-state index in [1.54, 1.807) is 6.92 Å². The van der Waals surface area contributed by atoms with Crippen LogP contribution < -0.4 is 10.6 Å². The smallest absolute Gasteiger partial charge is 0.242 e. The zero-order chi connectivity index (χ0) is 15.8. The third-order valence-electron chi connectivity index (χ3n) is 2.89. The second kappa shape index (κ2) is 8.39. The predicted molar refractivity (Wildman–Crippen MR) is 77.6 cm³/mol. The number of carbonyl (C=O) groups is 2. The van der Waals surface area contributed by atoms with Crippen LogP contribution in [0.4, 0.5) is 0 Å². The molecule has 0 spiro atoms. The van der Waals surface area contributed by atoms with Gasteiger partial charge in [0.05, 0.1) is 0 Å². The molecular weight excluding hydrogens is 272 g/mol. The Bertz CT molecular complexity index is 471. The number of nitrogens with zero attached hydrogens (tertiary/aromatic N) is 2. The predicted octanol–water partition coefficient (Wildman–Crippen LogP) is 1.16. The molecule has 7 nitrogen and oxygen atoms in total. The highest BCUT2D eigenvalue weighted by Crippen LogP contribution is 2.10. The lowest BCUT2D eigenvalue weighted by molar-refractivity contribution is -0.128. The number of carbonyl (C=O) groups excluding carboxylic acids is 2. The molecule has 0 saturated carbocycles. The molecule has 1 aromatic heterocycles. The van der Waals surface area contributed by atoms with Gasteiger partial charge in [0, 0.05) is 25.3 Å². The first-order valence-electron chi connectivity index (χ1n) is 7.33. The molecule has 1 aromatic rings. The van der Waals surface area contributed by atoms with Crippen LogP contribution in [0.3, 0.4) is 0 Å². The molecule has 0 aliphatic heterocycles. The number of rotatable bonds is 8. The van der Waals surface area contributed by atoms with Gasteiger partial charge in [0.15, 0.2) is 5.82 Å². The number of hydrogen-bond donors (Lipinski definition) is 2. The van der Waals surface area contributed by atoms with Gasteiger partial charge in [-0.25, -0.2) is 0 Å². The summed E-state index contributed by atoms with van der Waals surface area (Å²) in [6.07, 6.45) is 1.45. The van der Waals surface area contributed by atoms with Crippen LogP contribution in [0.5, 0.6) is 0 Å². The van der Waals surface area contributed by atoms with Gasteiger partial charge in [-0.2, -0.15) is 4.98 Å². The first-order valence-corrected chi connectivity index (χ1v) is 7.33. The van der Waals surface area contributed by atoms with Crippen molar-refractivity contribution in [3.8, 4) is 0 Å². The topological polar surface area (TPSA) is 97.1 Å². The van der Waals surface area contributed by atoms with Gasteiger partial charge in [-0.1, -0.05) is 25.9 Å². The first kappa shape index (κ1) is 17.1. The average Bonchev–Trinajstić information content (AvgIpc) is 2.91. The Morgan fingerprint density at radius 1 is 1.29 bits per heavy atom. The fourth-order valence-electron chi connectivity index (χ4n) is 1.61. The lowest BCUT2D eigenvalue weighted by Gasteiger charge is -2.13. The minimum atomic E-state index is -0.544. The summed E-state index contributed by atoms with van der Waals surface area (Å²) in [6, 6.07) is -0.544. The maximum Gasteiger partial charge on any atom is 0.242 e. The Balaban J connectivity index is 2.34. The van der Waals surface area contributed by atoms with E-state index >= 15 is 0 Å². The summed E-state index contributed by atoms with van der Waals surface area (Å²) in [5, 5.41) is 9.21. The summed E-state index contributed by atoms with van der Waals surface area (Å²) in [6.45, 7) is 8.18. The quantitative estimate of drug-likeness (QED) is 0.750. The number of aromatic nitrogens is 2. The molecule has 21 heavy (non-hydrogen) atoms. The lowest BCUT2D eigenvalue weighted by atomic mass is 10.2. The molecule has 1 heterocycles. The molecule has 1 unspecified atom stereocenters. The maximum absolute atomic E-state index is 11.8. The lowest BCUT2D eigenvalue weighted by Crippen LogP contribution is -2.45. The zero-order valence-electron chi connectivity index (χ0n) is 13.1. The Kier molecular flexibility index (Phi) is 6.84.